The van der Waals surface area contributed by atoms with Crippen LogP contribution in [0.25, 0.3) is 0 Å². The molecule has 0 aliphatic rings. The molecule has 7 nitrogen and oxygen atoms in total. The molecule has 6 N–H and O–H groups in total. The number of nitrogens with two attached hydrogens (primary N) is 1. The van der Waals surface area contributed by atoms with Gasteiger partial charge in [0.1, 0.15) is 5.54 Å². The maximum absolute atomic E-state index is 12.4. The third-order valence-corrected chi connectivity index (χ3v) is 5.93. The van der Waals surface area contributed by atoms with Crippen molar-refractivity contribution in [1.29, 1.82) is 0 Å². The summed E-state index contributed by atoms with van der Waals surface area (Å²) in [6, 6.07) is 0.0248. The molecule has 0 aromatic heterocycles. The van der Waals surface area contributed by atoms with Crippen LogP contribution in [0.3, 0.4) is 0 Å². The number of aliphatic hydroxyl groups is 1. The van der Waals surface area contributed by atoms with E-state index in [0.29, 0.717) is 24.6 Å². The fraction of sp³-hybridized carbons (Fsp3) is 0.800. The van der Waals surface area contributed by atoms with Crippen LogP contribution >= 0.6 is 12.6 Å². The fourth-order valence-corrected chi connectivity index (χ4v) is 3.14. The number of hydrogen-bond acceptors (Lipinski definition) is 6. The number of carbonyl (C=O) groups is 2. The summed E-state index contributed by atoms with van der Waals surface area (Å²) in [6.07, 6.45) is 5.30. The van der Waals surface area contributed by atoms with Gasteiger partial charge in [-0.25, -0.2) is 4.79 Å². The van der Waals surface area contributed by atoms with E-state index in [-0.39, 0.29) is 43.4 Å². The lowest BCUT2D eigenvalue weighted by Gasteiger charge is -2.35. The van der Waals surface area contributed by atoms with E-state index in [1.54, 1.807) is 13.0 Å². The van der Waals surface area contributed by atoms with E-state index in [1.807, 2.05) is 13.0 Å². The van der Waals surface area contributed by atoms with Gasteiger partial charge >= 0.3 is 5.97 Å². The molecule has 0 saturated carbocycles. The highest BCUT2D eigenvalue weighted by Crippen LogP contribution is 2.25. The third-order valence-electron chi connectivity index (χ3n) is 5.46. The number of carbonyl (C=O) groups excluding carboxylic acids is 1. The summed E-state index contributed by atoms with van der Waals surface area (Å²) < 4.78 is 0. The first-order valence-electron chi connectivity index (χ1n) is 10.1. The molecule has 28 heavy (non-hydrogen) atoms. The lowest BCUT2D eigenvalue weighted by atomic mass is 9.80. The topological polar surface area (TPSA) is 125 Å². The van der Waals surface area contributed by atoms with Gasteiger partial charge in [0.2, 0.25) is 5.91 Å². The first-order valence-corrected chi connectivity index (χ1v) is 10.7. The van der Waals surface area contributed by atoms with Gasteiger partial charge in [-0.15, -0.1) is 0 Å². The maximum Gasteiger partial charge on any atom is 0.329 e. The average molecular weight is 418 g/mol. The zero-order valence-electron chi connectivity index (χ0n) is 17.6. The van der Waals surface area contributed by atoms with Crippen LogP contribution in [0.4, 0.5) is 0 Å². The number of aliphatic hydroxyl groups excluding tert-OH is 1. The van der Waals surface area contributed by atoms with Crippen molar-refractivity contribution in [2.45, 2.75) is 71.0 Å². The van der Waals surface area contributed by atoms with Crippen molar-refractivity contribution in [2.75, 3.05) is 18.9 Å². The van der Waals surface area contributed by atoms with Gasteiger partial charge in [-0.1, -0.05) is 52.7 Å². The fourth-order valence-electron chi connectivity index (χ4n) is 3.01. The standard InChI is InChI=1S/C20H39N3O4S/c1-5-14(3)17(22-12-16(21)13-28)8-7-9-18(25)23-20(10-11-24,19(26)27)15(4)6-2/h7-8,14-17,22,24,28H,5-6,9-13,21H2,1-4H3,(H,23,25)(H,26,27)/b8-7+/t14-,15?,16+,17+,20+/m0/s1. The van der Waals surface area contributed by atoms with Crippen molar-refractivity contribution < 1.29 is 19.8 Å². The number of hydrogen-bond donors (Lipinski definition) is 6. The second-order valence-corrected chi connectivity index (χ2v) is 7.87. The highest BCUT2D eigenvalue weighted by atomic mass is 32.1. The molecule has 164 valence electrons. The van der Waals surface area contributed by atoms with Gasteiger partial charge in [-0.2, -0.15) is 12.6 Å². The van der Waals surface area contributed by atoms with Crippen molar-refractivity contribution in [1.82, 2.24) is 10.6 Å². The number of carboxylic acid groups (broad SMARTS) is 1. The Morgan fingerprint density at radius 1 is 1.25 bits per heavy atom. The second kappa shape index (κ2) is 14.0. The van der Waals surface area contributed by atoms with Crippen molar-refractivity contribution in [3.8, 4) is 0 Å². The summed E-state index contributed by atoms with van der Waals surface area (Å²) in [4.78, 5) is 24.3. The van der Waals surface area contributed by atoms with Crippen LogP contribution in [0.2, 0.25) is 0 Å². The molecule has 0 aromatic carbocycles. The first kappa shape index (κ1) is 26.9. The van der Waals surface area contributed by atoms with E-state index >= 15 is 0 Å². The Balaban J connectivity index is 5.06. The molecule has 5 atom stereocenters. The van der Waals surface area contributed by atoms with Crippen molar-refractivity contribution in [2.24, 2.45) is 17.6 Å². The van der Waals surface area contributed by atoms with Gasteiger partial charge < -0.3 is 26.6 Å². The number of nitrogens with one attached hydrogen (secondary N) is 2. The van der Waals surface area contributed by atoms with Crippen LogP contribution in [-0.2, 0) is 9.59 Å². The molecule has 0 saturated heterocycles. The van der Waals surface area contributed by atoms with Crippen LogP contribution in [-0.4, -0.2) is 58.6 Å². The van der Waals surface area contributed by atoms with Crippen molar-refractivity contribution in [3.05, 3.63) is 12.2 Å². The van der Waals surface area contributed by atoms with E-state index in [1.165, 1.54) is 0 Å². The minimum absolute atomic E-state index is 0.0224. The van der Waals surface area contributed by atoms with E-state index in [2.05, 4.69) is 37.1 Å². The molecule has 0 radical (unpaired) electrons. The summed E-state index contributed by atoms with van der Waals surface area (Å²) in [5.41, 5.74) is 4.45. The molecule has 0 bridgehead atoms. The summed E-state index contributed by atoms with van der Waals surface area (Å²) in [5, 5.41) is 25.1. The predicted molar refractivity (Wildman–Crippen MR) is 116 cm³/mol. The van der Waals surface area contributed by atoms with Crippen LogP contribution in [0.5, 0.6) is 0 Å². The Labute approximate surface area is 174 Å². The average Bonchev–Trinajstić information content (AvgIpc) is 2.68. The summed E-state index contributed by atoms with van der Waals surface area (Å²) in [5.74, 6) is -0.846. The zero-order valence-corrected chi connectivity index (χ0v) is 18.5. The molecule has 0 aromatic rings. The van der Waals surface area contributed by atoms with Crippen LogP contribution in [0.1, 0.15) is 53.4 Å². The molecule has 0 heterocycles. The van der Waals surface area contributed by atoms with E-state index < -0.39 is 11.5 Å². The number of amides is 1. The summed E-state index contributed by atoms with van der Waals surface area (Å²) in [6.45, 7) is 8.17. The van der Waals surface area contributed by atoms with Gasteiger partial charge in [0.05, 0.1) is 0 Å². The number of carboxylic acids is 1. The Kier molecular flexibility index (Phi) is 13.4. The van der Waals surface area contributed by atoms with Gasteiger partial charge in [0.25, 0.3) is 0 Å². The SMILES string of the molecule is CCC(C)[C@@](CCO)(NC(=O)C/C=C/[C@@H](NC[C@@H](N)CS)[C@@H](C)CC)C(=O)O. The minimum Gasteiger partial charge on any atom is -0.479 e. The van der Waals surface area contributed by atoms with E-state index in [0.717, 1.165) is 6.42 Å². The van der Waals surface area contributed by atoms with E-state index in [4.69, 9.17) is 5.73 Å². The third kappa shape index (κ3) is 8.51. The van der Waals surface area contributed by atoms with Gasteiger partial charge in [-0.3, -0.25) is 4.79 Å². The minimum atomic E-state index is -1.46. The molecule has 8 heteroatoms. The molecular formula is C20H39N3O4S. The summed E-state index contributed by atoms with van der Waals surface area (Å²) in [7, 11) is 0. The lowest BCUT2D eigenvalue weighted by Crippen LogP contribution is -2.59. The van der Waals surface area contributed by atoms with Gasteiger partial charge in [-0.05, 0) is 11.8 Å². The van der Waals surface area contributed by atoms with Crippen molar-refractivity contribution in [3.63, 3.8) is 0 Å². The number of rotatable bonds is 15. The quantitative estimate of drug-likeness (QED) is 0.177. The Hall–Kier alpha value is -1.09. The molecule has 0 fully saturated rings. The highest BCUT2D eigenvalue weighted by Gasteiger charge is 2.43. The Bertz CT molecular complexity index is 504. The normalized spacial score (nSPS) is 18.2. The molecule has 0 aliphatic carbocycles. The van der Waals surface area contributed by atoms with E-state index in [9.17, 15) is 19.8 Å². The lowest BCUT2D eigenvalue weighted by molar-refractivity contribution is -0.151. The highest BCUT2D eigenvalue weighted by molar-refractivity contribution is 7.80. The first-order chi connectivity index (χ1) is 13.2. The van der Waals surface area contributed by atoms with Crippen LogP contribution < -0.4 is 16.4 Å². The van der Waals surface area contributed by atoms with Crippen LogP contribution in [0, 0.1) is 11.8 Å². The smallest absolute Gasteiger partial charge is 0.329 e. The largest absolute Gasteiger partial charge is 0.479 e. The summed E-state index contributed by atoms with van der Waals surface area (Å²) >= 11 is 4.19. The molecule has 1 amide bonds. The number of thiol groups is 1. The molecule has 0 aliphatic heterocycles. The molecular weight excluding hydrogens is 378 g/mol. The monoisotopic (exact) mass is 417 g/mol. The molecule has 0 spiro atoms. The van der Waals surface area contributed by atoms with Crippen LogP contribution in [0.15, 0.2) is 12.2 Å². The zero-order chi connectivity index (χ0) is 21.7. The number of aliphatic carboxylic acids is 1. The Morgan fingerprint density at radius 2 is 1.89 bits per heavy atom. The predicted octanol–water partition coefficient (Wildman–Crippen LogP) is 1.56. The van der Waals surface area contributed by atoms with Crippen molar-refractivity contribution >= 4 is 24.5 Å². The maximum atomic E-state index is 12.4. The molecule has 0 rings (SSSR count). The molecule has 1 unspecified atom stereocenters. The Morgan fingerprint density at radius 3 is 2.36 bits per heavy atom. The van der Waals surface area contributed by atoms with Gasteiger partial charge in [0, 0.05) is 43.8 Å². The van der Waals surface area contributed by atoms with Gasteiger partial charge in [0.15, 0.2) is 0 Å². The second-order valence-electron chi connectivity index (χ2n) is 7.50.